The van der Waals surface area contributed by atoms with Crippen LogP contribution in [0.3, 0.4) is 0 Å². The van der Waals surface area contributed by atoms with Gasteiger partial charge in [0.05, 0.1) is 17.2 Å². The molecule has 5 nitrogen and oxygen atoms in total. The molecule has 0 radical (unpaired) electrons. The molecule has 1 saturated heterocycles. The summed E-state index contributed by atoms with van der Waals surface area (Å²) in [5.41, 5.74) is 1.27. The number of nitrogens with zero attached hydrogens (tertiary/aromatic N) is 2. The Morgan fingerprint density at radius 2 is 1.76 bits per heavy atom. The van der Waals surface area contributed by atoms with Crippen LogP contribution in [0, 0.1) is 11.3 Å². The molecule has 3 rings (SSSR count). The van der Waals surface area contributed by atoms with Crippen molar-refractivity contribution in [3.05, 3.63) is 71.3 Å². The number of likely N-dealkylation sites (tertiary alicyclic amines) is 1. The standard InChI is InChI=1S/C20H18N2O3/c21-14-15-7-6-10-17(13-15)20(24)25-18(16-8-2-1-3-9-16)19(23)22-11-4-5-12-22/h1-3,6-10,13,18H,4-5,11-12H2. The number of carbonyl (C=O) groups excluding carboxylic acids is 2. The first-order chi connectivity index (χ1) is 12.2. The summed E-state index contributed by atoms with van der Waals surface area (Å²) in [5, 5.41) is 8.97. The molecular weight excluding hydrogens is 316 g/mol. The van der Waals surface area contributed by atoms with Crippen molar-refractivity contribution in [2.75, 3.05) is 13.1 Å². The van der Waals surface area contributed by atoms with Gasteiger partial charge in [0, 0.05) is 18.7 Å². The number of nitriles is 1. The molecule has 1 atom stereocenters. The van der Waals surface area contributed by atoms with Crippen LogP contribution in [-0.2, 0) is 9.53 Å². The second kappa shape index (κ2) is 7.63. The minimum absolute atomic E-state index is 0.200. The van der Waals surface area contributed by atoms with Gasteiger partial charge in [-0.05, 0) is 31.0 Å². The molecule has 126 valence electrons. The van der Waals surface area contributed by atoms with Crippen LogP contribution in [0.1, 0.15) is 40.4 Å². The first-order valence-corrected chi connectivity index (χ1v) is 8.24. The number of hydrogen-bond donors (Lipinski definition) is 0. The third kappa shape index (κ3) is 3.86. The Labute approximate surface area is 146 Å². The Hall–Kier alpha value is -3.13. The van der Waals surface area contributed by atoms with Crippen LogP contribution in [-0.4, -0.2) is 29.9 Å². The van der Waals surface area contributed by atoms with Crippen LogP contribution in [0.15, 0.2) is 54.6 Å². The average Bonchev–Trinajstić information content (AvgIpc) is 3.21. The van der Waals surface area contributed by atoms with Gasteiger partial charge in [-0.15, -0.1) is 0 Å². The van der Waals surface area contributed by atoms with Gasteiger partial charge in [-0.25, -0.2) is 4.79 Å². The van der Waals surface area contributed by atoms with Gasteiger partial charge >= 0.3 is 5.97 Å². The molecule has 1 amide bonds. The van der Waals surface area contributed by atoms with E-state index in [1.54, 1.807) is 35.2 Å². The maximum Gasteiger partial charge on any atom is 0.339 e. The fourth-order valence-electron chi connectivity index (χ4n) is 2.88. The van der Waals surface area contributed by atoms with E-state index in [0.717, 1.165) is 12.8 Å². The van der Waals surface area contributed by atoms with Crippen molar-refractivity contribution < 1.29 is 14.3 Å². The zero-order valence-electron chi connectivity index (χ0n) is 13.7. The Morgan fingerprint density at radius 1 is 1.04 bits per heavy atom. The van der Waals surface area contributed by atoms with Gasteiger partial charge < -0.3 is 9.64 Å². The SMILES string of the molecule is N#Cc1cccc(C(=O)OC(C(=O)N2CCCC2)c2ccccc2)c1. The molecule has 2 aromatic carbocycles. The van der Waals surface area contributed by atoms with Gasteiger partial charge in [0.2, 0.25) is 6.10 Å². The van der Waals surface area contributed by atoms with Crippen molar-refractivity contribution in [2.24, 2.45) is 0 Å². The lowest BCUT2D eigenvalue weighted by Gasteiger charge is -2.23. The largest absolute Gasteiger partial charge is 0.444 e. The summed E-state index contributed by atoms with van der Waals surface area (Å²) in [6.07, 6.45) is 0.953. The van der Waals surface area contributed by atoms with Crippen molar-refractivity contribution in [3.8, 4) is 6.07 Å². The third-order valence-electron chi connectivity index (χ3n) is 4.20. The van der Waals surface area contributed by atoms with Crippen molar-refractivity contribution in [1.29, 1.82) is 5.26 Å². The summed E-state index contributed by atoms with van der Waals surface area (Å²) >= 11 is 0. The lowest BCUT2D eigenvalue weighted by molar-refractivity contribution is -0.140. The van der Waals surface area contributed by atoms with Crippen LogP contribution >= 0.6 is 0 Å². The highest BCUT2D eigenvalue weighted by molar-refractivity contribution is 5.93. The zero-order chi connectivity index (χ0) is 17.6. The van der Waals surface area contributed by atoms with E-state index < -0.39 is 12.1 Å². The normalized spacial score (nSPS) is 14.6. The highest BCUT2D eigenvalue weighted by Gasteiger charge is 2.31. The molecule has 2 aromatic rings. The summed E-state index contributed by atoms with van der Waals surface area (Å²) in [6.45, 7) is 1.37. The molecule has 0 saturated carbocycles. The second-order valence-corrected chi connectivity index (χ2v) is 5.92. The Kier molecular flexibility index (Phi) is 5.10. The van der Waals surface area contributed by atoms with Gasteiger partial charge in [0.1, 0.15) is 0 Å². The van der Waals surface area contributed by atoms with Crippen molar-refractivity contribution in [2.45, 2.75) is 18.9 Å². The Bertz CT molecular complexity index is 805. The maximum absolute atomic E-state index is 12.8. The van der Waals surface area contributed by atoms with Crippen LogP contribution < -0.4 is 0 Å². The van der Waals surface area contributed by atoms with Gasteiger partial charge in [-0.2, -0.15) is 5.26 Å². The Balaban J connectivity index is 1.85. The van der Waals surface area contributed by atoms with Gasteiger partial charge in [0.25, 0.3) is 5.91 Å². The molecule has 1 aliphatic heterocycles. The zero-order valence-corrected chi connectivity index (χ0v) is 13.7. The summed E-state index contributed by atoms with van der Waals surface area (Å²) < 4.78 is 5.56. The van der Waals surface area contributed by atoms with Crippen molar-refractivity contribution in [3.63, 3.8) is 0 Å². The molecule has 0 aliphatic carbocycles. The highest BCUT2D eigenvalue weighted by Crippen LogP contribution is 2.24. The van der Waals surface area contributed by atoms with Crippen molar-refractivity contribution >= 4 is 11.9 Å². The molecule has 1 heterocycles. The van der Waals surface area contributed by atoms with E-state index >= 15 is 0 Å². The van der Waals surface area contributed by atoms with Gasteiger partial charge in [-0.3, -0.25) is 4.79 Å². The smallest absolute Gasteiger partial charge is 0.339 e. The molecule has 1 unspecified atom stereocenters. The van der Waals surface area contributed by atoms with E-state index in [-0.39, 0.29) is 11.5 Å². The van der Waals surface area contributed by atoms with Crippen LogP contribution in [0.4, 0.5) is 0 Å². The van der Waals surface area contributed by atoms with Crippen LogP contribution in [0.25, 0.3) is 0 Å². The lowest BCUT2D eigenvalue weighted by atomic mass is 10.1. The molecule has 1 aliphatic rings. The molecular formula is C20H18N2O3. The van der Waals surface area contributed by atoms with E-state index in [1.165, 1.54) is 6.07 Å². The Morgan fingerprint density at radius 3 is 2.44 bits per heavy atom. The minimum Gasteiger partial charge on any atom is -0.444 e. The second-order valence-electron chi connectivity index (χ2n) is 5.92. The quantitative estimate of drug-likeness (QED) is 0.806. The minimum atomic E-state index is -0.974. The maximum atomic E-state index is 12.8. The number of esters is 1. The summed E-state index contributed by atoms with van der Waals surface area (Å²) in [4.78, 5) is 27.1. The molecule has 5 heteroatoms. The number of ether oxygens (including phenoxy) is 1. The topological polar surface area (TPSA) is 70.4 Å². The molecule has 0 bridgehead atoms. The van der Waals surface area contributed by atoms with Crippen molar-refractivity contribution in [1.82, 2.24) is 4.90 Å². The number of amides is 1. The average molecular weight is 334 g/mol. The summed E-state index contributed by atoms with van der Waals surface area (Å²) in [5.74, 6) is -0.813. The number of rotatable bonds is 4. The third-order valence-corrected chi connectivity index (χ3v) is 4.20. The fraction of sp³-hybridized carbons (Fsp3) is 0.250. The monoisotopic (exact) mass is 334 g/mol. The van der Waals surface area contributed by atoms with Crippen LogP contribution in [0.2, 0.25) is 0 Å². The molecule has 0 aromatic heterocycles. The lowest BCUT2D eigenvalue weighted by Crippen LogP contribution is -2.34. The van der Waals surface area contributed by atoms with E-state index in [1.807, 2.05) is 24.3 Å². The molecule has 1 fully saturated rings. The molecule has 25 heavy (non-hydrogen) atoms. The first kappa shape index (κ1) is 16.7. The fourth-order valence-corrected chi connectivity index (χ4v) is 2.88. The van der Waals surface area contributed by atoms with E-state index in [0.29, 0.717) is 24.2 Å². The van der Waals surface area contributed by atoms with Gasteiger partial charge in [0.15, 0.2) is 0 Å². The summed E-state index contributed by atoms with van der Waals surface area (Å²) in [6, 6.07) is 17.3. The number of benzene rings is 2. The molecule has 0 N–H and O–H groups in total. The predicted octanol–water partition coefficient (Wildman–Crippen LogP) is 3.08. The summed E-state index contributed by atoms with van der Waals surface area (Å²) in [7, 11) is 0. The molecule has 0 spiro atoms. The van der Waals surface area contributed by atoms with Gasteiger partial charge in [-0.1, -0.05) is 36.4 Å². The van der Waals surface area contributed by atoms with E-state index in [2.05, 4.69) is 0 Å². The van der Waals surface area contributed by atoms with E-state index in [4.69, 9.17) is 10.00 Å². The number of hydrogen-bond acceptors (Lipinski definition) is 4. The van der Waals surface area contributed by atoms with Crippen LogP contribution in [0.5, 0.6) is 0 Å². The predicted molar refractivity (Wildman–Crippen MR) is 91.6 cm³/mol. The first-order valence-electron chi connectivity index (χ1n) is 8.24. The highest BCUT2D eigenvalue weighted by atomic mass is 16.5. The number of carbonyl (C=O) groups is 2. The van der Waals surface area contributed by atoms with E-state index in [9.17, 15) is 9.59 Å².